The molecule has 1 unspecified atom stereocenters. The molecule has 1 fully saturated rings. The molecule has 4 heteroatoms. The van der Waals surface area contributed by atoms with E-state index in [1.807, 2.05) is 0 Å². The standard InChI is InChI=1S/C12H27N3O/c1-14-7-8-15(2)12(11-14)10-13-6-4-5-9-16-3/h12-13H,4-11H2,1-3H3. The molecule has 0 aliphatic carbocycles. The highest BCUT2D eigenvalue weighted by molar-refractivity contribution is 4.80. The fourth-order valence-electron chi connectivity index (χ4n) is 2.09. The first-order valence-corrected chi connectivity index (χ1v) is 6.32. The zero-order valence-electron chi connectivity index (χ0n) is 11.0. The third kappa shape index (κ3) is 5.25. The number of rotatable bonds is 7. The van der Waals surface area contributed by atoms with Crippen LogP contribution in [0.1, 0.15) is 12.8 Å². The molecular formula is C12H27N3O. The van der Waals surface area contributed by atoms with E-state index in [-0.39, 0.29) is 0 Å². The zero-order valence-corrected chi connectivity index (χ0v) is 11.0. The van der Waals surface area contributed by atoms with Gasteiger partial charge >= 0.3 is 0 Å². The molecule has 96 valence electrons. The first-order chi connectivity index (χ1) is 7.74. The van der Waals surface area contributed by atoms with Crippen molar-refractivity contribution < 1.29 is 4.74 Å². The Kier molecular flexibility index (Phi) is 6.96. The van der Waals surface area contributed by atoms with E-state index in [0.717, 1.165) is 26.1 Å². The van der Waals surface area contributed by atoms with Gasteiger partial charge in [0.05, 0.1) is 0 Å². The molecule has 1 aliphatic heterocycles. The van der Waals surface area contributed by atoms with E-state index in [1.54, 1.807) is 7.11 Å². The molecule has 1 heterocycles. The quantitative estimate of drug-likeness (QED) is 0.633. The molecule has 1 aliphatic rings. The van der Waals surface area contributed by atoms with Crippen molar-refractivity contribution in [1.29, 1.82) is 0 Å². The van der Waals surface area contributed by atoms with Crippen molar-refractivity contribution >= 4 is 0 Å². The van der Waals surface area contributed by atoms with Crippen molar-refractivity contribution in [3.05, 3.63) is 0 Å². The maximum Gasteiger partial charge on any atom is 0.0462 e. The summed E-state index contributed by atoms with van der Waals surface area (Å²) in [6.07, 6.45) is 2.37. The van der Waals surface area contributed by atoms with E-state index in [0.29, 0.717) is 6.04 Å². The highest BCUT2D eigenvalue weighted by Gasteiger charge is 2.21. The highest BCUT2D eigenvalue weighted by atomic mass is 16.5. The predicted octanol–water partition coefficient (Wildman–Crippen LogP) is 0.248. The summed E-state index contributed by atoms with van der Waals surface area (Å²) in [5.74, 6) is 0. The summed E-state index contributed by atoms with van der Waals surface area (Å²) in [5.41, 5.74) is 0. The lowest BCUT2D eigenvalue weighted by Crippen LogP contribution is -2.53. The van der Waals surface area contributed by atoms with Gasteiger partial charge in [0.1, 0.15) is 0 Å². The number of hydrogen-bond donors (Lipinski definition) is 1. The molecule has 0 aromatic rings. The summed E-state index contributed by atoms with van der Waals surface area (Å²) in [6, 6.07) is 0.668. The number of nitrogens with zero attached hydrogens (tertiary/aromatic N) is 2. The normalized spacial score (nSPS) is 23.8. The lowest BCUT2D eigenvalue weighted by molar-refractivity contribution is 0.113. The molecule has 0 amide bonds. The van der Waals surface area contributed by atoms with E-state index in [2.05, 4.69) is 29.2 Å². The number of hydrogen-bond acceptors (Lipinski definition) is 4. The van der Waals surface area contributed by atoms with Gasteiger partial charge in [-0.3, -0.25) is 4.90 Å². The molecule has 0 spiro atoms. The molecule has 4 nitrogen and oxygen atoms in total. The number of likely N-dealkylation sites (N-methyl/N-ethyl adjacent to an activating group) is 2. The van der Waals surface area contributed by atoms with Gasteiger partial charge in [-0.2, -0.15) is 0 Å². The van der Waals surface area contributed by atoms with Gasteiger partial charge in [0.15, 0.2) is 0 Å². The summed E-state index contributed by atoms with van der Waals surface area (Å²) in [6.45, 7) is 6.66. The summed E-state index contributed by atoms with van der Waals surface area (Å²) >= 11 is 0. The Morgan fingerprint density at radius 2 is 2.06 bits per heavy atom. The Hall–Kier alpha value is -0.160. The van der Waals surface area contributed by atoms with Crippen molar-refractivity contribution in [3.63, 3.8) is 0 Å². The summed E-state index contributed by atoms with van der Waals surface area (Å²) in [4.78, 5) is 4.87. The molecule has 16 heavy (non-hydrogen) atoms. The van der Waals surface area contributed by atoms with Gasteiger partial charge in [-0.25, -0.2) is 0 Å². The van der Waals surface area contributed by atoms with E-state index >= 15 is 0 Å². The van der Waals surface area contributed by atoms with Crippen molar-refractivity contribution in [3.8, 4) is 0 Å². The fraction of sp³-hybridized carbons (Fsp3) is 1.00. The minimum absolute atomic E-state index is 0.668. The molecule has 0 bridgehead atoms. The molecule has 0 radical (unpaired) electrons. The van der Waals surface area contributed by atoms with E-state index in [4.69, 9.17) is 4.74 Å². The van der Waals surface area contributed by atoms with E-state index in [9.17, 15) is 0 Å². The van der Waals surface area contributed by atoms with Gasteiger partial charge in [-0.05, 0) is 33.5 Å². The van der Waals surface area contributed by atoms with Crippen LogP contribution in [-0.4, -0.2) is 76.4 Å². The van der Waals surface area contributed by atoms with Gasteiger partial charge in [0.2, 0.25) is 0 Å². The molecular weight excluding hydrogens is 202 g/mol. The van der Waals surface area contributed by atoms with Crippen LogP contribution in [0.15, 0.2) is 0 Å². The average molecular weight is 229 g/mol. The van der Waals surface area contributed by atoms with Gasteiger partial charge < -0.3 is 15.0 Å². The highest BCUT2D eigenvalue weighted by Crippen LogP contribution is 2.04. The van der Waals surface area contributed by atoms with Gasteiger partial charge in [0.25, 0.3) is 0 Å². The maximum absolute atomic E-state index is 5.03. The third-order valence-electron chi connectivity index (χ3n) is 3.31. The smallest absolute Gasteiger partial charge is 0.0462 e. The largest absolute Gasteiger partial charge is 0.385 e. The van der Waals surface area contributed by atoms with Crippen LogP contribution in [0.25, 0.3) is 0 Å². The summed E-state index contributed by atoms with van der Waals surface area (Å²) in [5, 5.41) is 3.54. The Labute approximate surface area is 99.9 Å². The summed E-state index contributed by atoms with van der Waals surface area (Å²) < 4.78 is 5.03. The maximum atomic E-state index is 5.03. The molecule has 1 saturated heterocycles. The fourth-order valence-corrected chi connectivity index (χ4v) is 2.09. The lowest BCUT2D eigenvalue weighted by atomic mass is 10.2. The van der Waals surface area contributed by atoms with E-state index < -0.39 is 0 Å². The number of unbranched alkanes of at least 4 members (excludes halogenated alkanes) is 1. The number of nitrogens with one attached hydrogen (secondary N) is 1. The van der Waals surface area contributed by atoms with Gasteiger partial charge in [0, 0.05) is 45.9 Å². The SMILES string of the molecule is COCCCCNCC1CN(C)CCN1C. The van der Waals surface area contributed by atoms with Crippen LogP contribution in [0.2, 0.25) is 0 Å². The minimum atomic E-state index is 0.668. The lowest BCUT2D eigenvalue weighted by Gasteiger charge is -2.37. The summed E-state index contributed by atoms with van der Waals surface area (Å²) in [7, 11) is 6.20. The Morgan fingerprint density at radius 3 is 2.81 bits per heavy atom. The van der Waals surface area contributed by atoms with Crippen LogP contribution in [-0.2, 0) is 4.74 Å². The van der Waals surface area contributed by atoms with Crippen LogP contribution < -0.4 is 5.32 Å². The van der Waals surface area contributed by atoms with Crippen LogP contribution >= 0.6 is 0 Å². The van der Waals surface area contributed by atoms with Gasteiger partial charge in [-0.15, -0.1) is 0 Å². The van der Waals surface area contributed by atoms with Crippen molar-refractivity contribution in [1.82, 2.24) is 15.1 Å². The molecule has 1 rings (SSSR count). The monoisotopic (exact) mass is 229 g/mol. The van der Waals surface area contributed by atoms with E-state index in [1.165, 1.54) is 26.1 Å². The van der Waals surface area contributed by atoms with Gasteiger partial charge in [-0.1, -0.05) is 0 Å². The number of ether oxygens (including phenoxy) is 1. The second kappa shape index (κ2) is 8.01. The molecule has 0 saturated carbocycles. The zero-order chi connectivity index (χ0) is 11.8. The second-order valence-corrected chi connectivity index (χ2v) is 4.80. The van der Waals surface area contributed by atoms with Crippen LogP contribution in [0.5, 0.6) is 0 Å². The van der Waals surface area contributed by atoms with Crippen molar-refractivity contribution in [2.24, 2.45) is 0 Å². The van der Waals surface area contributed by atoms with Crippen LogP contribution in [0.4, 0.5) is 0 Å². The molecule has 1 N–H and O–H groups in total. The third-order valence-corrected chi connectivity index (χ3v) is 3.31. The second-order valence-electron chi connectivity index (χ2n) is 4.80. The first-order valence-electron chi connectivity index (χ1n) is 6.32. The van der Waals surface area contributed by atoms with Crippen LogP contribution in [0.3, 0.4) is 0 Å². The average Bonchev–Trinajstić information content (AvgIpc) is 2.28. The predicted molar refractivity (Wildman–Crippen MR) is 67.9 cm³/mol. The Morgan fingerprint density at radius 1 is 1.25 bits per heavy atom. The molecule has 0 aromatic heterocycles. The molecule has 1 atom stereocenters. The Balaban J connectivity index is 2.02. The molecule has 0 aromatic carbocycles. The van der Waals surface area contributed by atoms with Crippen LogP contribution in [0, 0.1) is 0 Å². The van der Waals surface area contributed by atoms with Crippen molar-refractivity contribution in [2.45, 2.75) is 18.9 Å². The first kappa shape index (κ1) is 13.9. The Bertz CT molecular complexity index is 178. The topological polar surface area (TPSA) is 27.7 Å². The minimum Gasteiger partial charge on any atom is -0.385 e. The number of piperazine rings is 1. The number of methoxy groups -OCH3 is 1. The van der Waals surface area contributed by atoms with Crippen molar-refractivity contribution in [2.75, 3.05) is 60.5 Å².